The van der Waals surface area contributed by atoms with Gasteiger partial charge >= 0.3 is 0 Å². The van der Waals surface area contributed by atoms with E-state index in [-0.39, 0.29) is 0 Å². The molecule has 0 bridgehead atoms. The molecule has 0 heterocycles. The lowest BCUT2D eigenvalue weighted by atomic mass is 10.3. The summed E-state index contributed by atoms with van der Waals surface area (Å²) < 4.78 is 0. The fourth-order valence-electron chi connectivity index (χ4n) is 0.663. The standard InChI is InChI=1S/C6H8O/c1-2-5-3-6(5)4-7/h2,4-6H,1,3H2/t5-,6-/m1/s1. The van der Waals surface area contributed by atoms with Gasteiger partial charge in [0.05, 0.1) is 0 Å². The lowest BCUT2D eigenvalue weighted by Crippen LogP contribution is -1.75. The number of aldehydes is 1. The Labute approximate surface area is 43.0 Å². The van der Waals surface area contributed by atoms with E-state index in [9.17, 15) is 4.79 Å². The number of carbonyl (C=O) groups is 1. The van der Waals surface area contributed by atoms with Crippen molar-refractivity contribution in [2.45, 2.75) is 6.42 Å². The van der Waals surface area contributed by atoms with Crippen LogP contribution in [0.15, 0.2) is 12.7 Å². The lowest BCUT2D eigenvalue weighted by Gasteiger charge is -1.72. The van der Waals surface area contributed by atoms with Crippen molar-refractivity contribution < 1.29 is 4.79 Å². The first-order valence-electron chi connectivity index (χ1n) is 2.46. The quantitative estimate of drug-likeness (QED) is 0.370. The summed E-state index contributed by atoms with van der Waals surface area (Å²) in [6.07, 6.45) is 3.89. The minimum atomic E-state index is 0.317. The molecule has 0 radical (unpaired) electrons. The molecule has 1 saturated carbocycles. The molecule has 1 fully saturated rings. The zero-order valence-corrected chi connectivity index (χ0v) is 4.13. The Bertz CT molecular complexity index is 84.4. The van der Waals surface area contributed by atoms with E-state index in [1.807, 2.05) is 6.08 Å². The summed E-state index contributed by atoms with van der Waals surface area (Å²) >= 11 is 0. The minimum Gasteiger partial charge on any atom is -0.303 e. The summed E-state index contributed by atoms with van der Waals surface area (Å²) in [4.78, 5) is 9.89. The third-order valence-electron chi connectivity index (χ3n) is 1.37. The molecule has 1 aliphatic carbocycles. The maximum Gasteiger partial charge on any atom is 0.123 e. The van der Waals surface area contributed by atoms with Crippen molar-refractivity contribution in [1.29, 1.82) is 0 Å². The second-order valence-electron chi connectivity index (χ2n) is 1.94. The summed E-state index contributed by atoms with van der Waals surface area (Å²) in [6, 6.07) is 0. The van der Waals surface area contributed by atoms with Gasteiger partial charge in [-0.3, -0.25) is 0 Å². The van der Waals surface area contributed by atoms with Crippen LogP contribution in [0.4, 0.5) is 0 Å². The molecule has 0 aliphatic heterocycles. The third kappa shape index (κ3) is 0.710. The molecule has 0 saturated heterocycles. The van der Waals surface area contributed by atoms with Crippen LogP contribution in [0.3, 0.4) is 0 Å². The number of hydrogen-bond donors (Lipinski definition) is 0. The van der Waals surface area contributed by atoms with Crippen molar-refractivity contribution in [3.8, 4) is 0 Å². The van der Waals surface area contributed by atoms with Crippen LogP contribution in [0, 0.1) is 11.8 Å². The van der Waals surface area contributed by atoms with Gasteiger partial charge in [0.1, 0.15) is 6.29 Å². The largest absolute Gasteiger partial charge is 0.303 e. The summed E-state index contributed by atoms with van der Waals surface area (Å²) in [5.74, 6) is 0.829. The Morgan fingerprint density at radius 3 is 2.43 bits per heavy atom. The molecule has 0 N–H and O–H groups in total. The fourth-order valence-corrected chi connectivity index (χ4v) is 0.663. The maximum absolute atomic E-state index is 9.89. The van der Waals surface area contributed by atoms with Gasteiger partial charge in [0.15, 0.2) is 0 Å². The first-order valence-corrected chi connectivity index (χ1v) is 2.46. The van der Waals surface area contributed by atoms with E-state index in [1.165, 1.54) is 0 Å². The Kier molecular flexibility index (Phi) is 0.970. The monoisotopic (exact) mass is 96.1 g/mol. The van der Waals surface area contributed by atoms with Gasteiger partial charge in [-0.25, -0.2) is 0 Å². The molecule has 0 spiro atoms. The van der Waals surface area contributed by atoms with Crippen LogP contribution in [-0.4, -0.2) is 6.29 Å². The molecular weight excluding hydrogens is 88.1 g/mol. The molecule has 0 unspecified atom stereocenters. The third-order valence-corrected chi connectivity index (χ3v) is 1.37. The van der Waals surface area contributed by atoms with Crippen LogP contribution in [0.25, 0.3) is 0 Å². The van der Waals surface area contributed by atoms with Gasteiger partial charge in [0, 0.05) is 5.92 Å². The summed E-state index contributed by atoms with van der Waals surface area (Å²) in [5, 5.41) is 0. The van der Waals surface area contributed by atoms with Gasteiger partial charge < -0.3 is 4.79 Å². The molecule has 38 valence electrons. The van der Waals surface area contributed by atoms with Crippen LogP contribution in [0.2, 0.25) is 0 Å². The van der Waals surface area contributed by atoms with Gasteiger partial charge in [-0.2, -0.15) is 0 Å². The highest BCUT2D eigenvalue weighted by Crippen LogP contribution is 2.36. The second-order valence-corrected chi connectivity index (χ2v) is 1.94. The number of carbonyl (C=O) groups excluding carboxylic acids is 1. The summed E-state index contributed by atoms with van der Waals surface area (Å²) in [5.41, 5.74) is 0. The predicted molar refractivity (Wildman–Crippen MR) is 27.9 cm³/mol. The average molecular weight is 96.1 g/mol. The van der Waals surface area contributed by atoms with Gasteiger partial charge in [0.25, 0.3) is 0 Å². The van der Waals surface area contributed by atoms with Gasteiger partial charge in [-0.05, 0) is 12.3 Å². The van der Waals surface area contributed by atoms with Crippen molar-refractivity contribution in [2.75, 3.05) is 0 Å². The maximum atomic E-state index is 9.89. The summed E-state index contributed by atoms with van der Waals surface area (Å²) in [7, 11) is 0. The molecule has 1 aliphatic rings. The molecular formula is C6H8O. The Hall–Kier alpha value is -0.590. The van der Waals surface area contributed by atoms with Crippen molar-refractivity contribution in [3.05, 3.63) is 12.7 Å². The zero-order chi connectivity index (χ0) is 5.28. The summed E-state index contributed by atoms with van der Waals surface area (Å²) in [6.45, 7) is 3.56. The van der Waals surface area contributed by atoms with Gasteiger partial charge in [-0.15, -0.1) is 6.58 Å². The van der Waals surface area contributed by atoms with Crippen LogP contribution in [-0.2, 0) is 4.79 Å². The first-order chi connectivity index (χ1) is 3.38. The van der Waals surface area contributed by atoms with Gasteiger partial charge in [0.2, 0.25) is 0 Å². The van der Waals surface area contributed by atoms with Crippen molar-refractivity contribution in [1.82, 2.24) is 0 Å². The second kappa shape index (κ2) is 1.49. The highest BCUT2D eigenvalue weighted by atomic mass is 16.1. The molecule has 0 aromatic heterocycles. The Morgan fingerprint density at radius 2 is 2.29 bits per heavy atom. The van der Waals surface area contributed by atoms with E-state index in [1.54, 1.807) is 0 Å². The van der Waals surface area contributed by atoms with Crippen molar-refractivity contribution in [3.63, 3.8) is 0 Å². The SMILES string of the molecule is C=C[C@@H]1C[C@@H]1C=O. The normalized spacial score (nSPS) is 37.1. The molecule has 1 heteroatoms. The van der Waals surface area contributed by atoms with E-state index in [0.717, 1.165) is 12.7 Å². The molecule has 7 heavy (non-hydrogen) atoms. The number of rotatable bonds is 2. The molecule has 0 aromatic rings. The van der Waals surface area contributed by atoms with Crippen molar-refractivity contribution >= 4 is 6.29 Å². The Balaban J connectivity index is 2.30. The topological polar surface area (TPSA) is 17.1 Å². The fraction of sp³-hybridized carbons (Fsp3) is 0.500. The molecule has 0 amide bonds. The van der Waals surface area contributed by atoms with E-state index >= 15 is 0 Å². The first kappa shape index (κ1) is 4.57. The van der Waals surface area contributed by atoms with E-state index in [2.05, 4.69) is 6.58 Å². The highest BCUT2D eigenvalue weighted by Gasteiger charge is 2.33. The molecule has 0 aromatic carbocycles. The smallest absolute Gasteiger partial charge is 0.123 e. The van der Waals surface area contributed by atoms with Crippen LogP contribution >= 0.6 is 0 Å². The predicted octanol–water partition coefficient (Wildman–Crippen LogP) is 1.01. The lowest BCUT2D eigenvalue weighted by molar-refractivity contribution is -0.109. The number of allylic oxidation sites excluding steroid dienone is 1. The molecule has 1 nitrogen and oxygen atoms in total. The van der Waals surface area contributed by atoms with Gasteiger partial charge in [-0.1, -0.05) is 6.08 Å². The van der Waals surface area contributed by atoms with E-state index in [4.69, 9.17) is 0 Å². The van der Waals surface area contributed by atoms with Crippen LogP contribution in [0.1, 0.15) is 6.42 Å². The van der Waals surface area contributed by atoms with Crippen LogP contribution < -0.4 is 0 Å². The number of hydrogen-bond acceptors (Lipinski definition) is 1. The minimum absolute atomic E-state index is 0.317. The Morgan fingerprint density at radius 1 is 1.57 bits per heavy atom. The van der Waals surface area contributed by atoms with Crippen molar-refractivity contribution in [2.24, 2.45) is 11.8 Å². The zero-order valence-electron chi connectivity index (χ0n) is 4.13. The average Bonchev–Trinajstić information content (AvgIpc) is 2.43. The molecule has 2 atom stereocenters. The van der Waals surface area contributed by atoms with E-state index in [0.29, 0.717) is 11.8 Å². The van der Waals surface area contributed by atoms with E-state index < -0.39 is 0 Å². The molecule has 1 rings (SSSR count). The highest BCUT2D eigenvalue weighted by molar-refractivity contribution is 5.58. The van der Waals surface area contributed by atoms with Crippen LogP contribution in [0.5, 0.6) is 0 Å².